The van der Waals surface area contributed by atoms with Crippen LogP contribution in [0, 0.1) is 0 Å². The molecule has 0 spiro atoms. The van der Waals surface area contributed by atoms with Gasteiger partial charge in [-0.05, 0) is 44.2 Å². The fraction of sp³-hybridized carbons (Fsp3) is 0.350. The summed E-state index contributed by atoms with van der Waals surface area (Å²) in [5.41, 5.74) is 0.826. The molecule has 2 atom stereocenters. The van der Waals surface area contributed by atoms with Gasteiger partial charge in [-0.15, -0.1) is 0 Å². The molecule has 0 aliphatic carbocycles. The molecule has 0 saturated carbocycles. The van der Waals surface area contributed by atoms with Gasteiger partial charge in [0.2, 0.25) is 10.0 Å². The minimum Gasteiger partial charge on any atom is -0.497 e. The van der Waals surface area contributed by atoms with Crippen molar-refractivity contribution in [1.29, 1.82) is 0 Å². The fourth-order valence-electron chi connectivity index (χ4n) is 3.18. The Morgan fingerprint density at radius 1 is 1.11 bits per heavy atom. The third kappa shape index (κ3) is 4.52. The van der Waals surface area contributed by atoms with Crippen molar-refractivity contribution in [3.05, 3.63) is 54.1 Å². The van der Waals surface area contributed by atoms with Crippen LogP contribution in [0.1, 0.15) is 24.2 Å². The molecule has 1 aliphatic heterocycles. The largest absolute Gasteiger partial charge is 0.497 e. The van der Waals surface area contributed by atoms with Gasteiger partial charge >= 0.3 is 0 Å². The lowest BCUT2D eigenvalue weighted by Gasteiger charge is -2.34. The minimum atomic E-state index is -3.71. The summed E-state index contributed by atoms with van der Waals surface area (Å²) in [6.07, 6.45) is -0.365. The molecular formula is C20H24N2O5S. The number of hydrogen-bond acceptors (Lipinski definition) is 5. The van der Waals surface area contributed by atoms with Gasteiger partial charge in [0, 0.05) is 30.4 Å². The van der Waals surface area contributed by atoms with Crippen LogP contribution in [0.25, 0.3) is 0 Å². The van der Waals surface area contributed by atoms with Gasteiger partial charge in [-0.25, -0.2) is 8.42 Å². The molecule has 28 heavy (non-hydrogen) atoms. The maximum absolute atomic E-state index is 13.0. The number of sulfonamides is 1. The van der Waals surface area contributed by atoms with E-state index in [0.29, 0.717) is 11.4 Å². The van der Waals surface area contributed by atoms with Gasteiger partial charge in [0.05, 0.1) is 24.2 Å². The highest BCUT2D eigenvalue weighted by Gasteiger charge is 2.32. The number of hydrogen-bond donors (Lipinski definition) is 1. The van der Waals surface area contributed by atoms with E-state index in [9.17, 15) is 13.2 Å². The van der Waals surface area contributed by atoms with Gasteiger partial charge in [-0.3, -0.25) is 4.79 Å². The van der Waals surface area contributed by atoms with Crippen LogP contribution < -0.4 is 10.1 Å². The van der Waals surface area contributed by atoms with Gasteiger partial charge in [-0.2, -0.15) is 4.31 Å². The van der Waals surface area contributed by atoms with Crippen molar-refractivity contribution in [3.8, 4) is 5.75 Å². The van der Waals surface area contributed by atoms with E-state index in [-0.39, 0.29) is 35.8 Å². The Morgan fingerprint density at radius 3 is 2.46 bits per heavy atom. The molecule has 2 aromatic rings. The Labute approximate surface area is 165 Å². The van der Waals surface area contributed by atoms with Gasteiger partial charge < -0.3 is 14.8 Å². The van der Waals surface area contributed by atoms with Crippen molar-refractivity contribution < 1.29 is 22.7 Å². The number of anilines is 1. The lowest BCUT2D eigenvalue weighted by molar-refractivity contribution is -0.0440. The first-order chi connectivity index (χ1) is 13.3. The molecule has 8 heteroatoms. The predicted octanol–water partition coefficient (Wildman–Crippen LogP) is 2.75. The van der Waals surface area contributed by atoms with E-state index in [1.165, 1.54) is 16.4 Å². The molecule has 1 heterocycles. The molecule has 3 rings (SSSR count). The first-order valence-electron chi connectivity index (χ1n) is 9.00. The smallest absolute Gasteiger partial charge is 0.255 e. The van der Waals surface area contributed by atoms with Crippen LogP contribution in [0.15, 0.2) is 53.4 Å². The second-order valence-electron chi connectivity index (χ2n) is 6.79. The van der Waals surface area contributed by atoms with Crippen LogP contribution in [0.5, 0.6) is 5.75 Å². The SMILES string of the molecule is COc1cccc(NC(=O)c2cccc(S(=O)(=O)N3C[C@H](C)O[C@@H](C)C3)c2)c1. The van der Waals surface area contributed by atoms with Crippen molar-refractivity contribution in [2.24, 2.45) is 0 Å². The number of rotatable bonds is 5. The van der Waals surface area contributed by atoms with Gasteiger partial charge in [0.15, 0.2) is 0 Å². The van der Waals surface area contributed by atoms with E-state index >= 15 is 0 Å². The average Bonchev–Trinajstić information content (AvgIpc) is 2.67. The molecule has 1 aliphatic rings. The summed E-state index contributed by atoms with van der Waals surface area (Å²) in [5.74, 6) is 0.221. The molecule has 1 N–H and O–H groups in total. The number of nitrogens with one attached hydrogen (secondary N) is 1. The molecule has 0 unspecified atom stereocenters. The number of carbonyl (C=O) groups is 1. The second kappa shape index (κ2) is 8.30. The summed E-state index contributed by atoms with van der Waals surface area (Å²) in [6.45, 7) is 4.26. The molecule has 0 aromatic heterocycles. The van der Waals surface area contributed by atoms with Crippen molar-refractivity contribution in [3.63, 3.8) is 0 Å². The number of methoxy groups -OCH3 is 1. The Balaban J connectivity index is 1.82. The second-order valence-corrected chi connectivity index (χ2v) is 8.73. The van der Waals surface area contributed by atoms with Crippen molar-refractivity contribution >= 4 is 21.6 Å². The highest BCUT2D eigenvalue weighted by Crippen LogP contribution is 2.23. The Bertz CT molecular complexity index is 951. The van der Waals surface area contributed by atoms with Crippen LogP contribution in [0.2, 0.25) is 0 Å². The van der Waals surface area contributed by atoms with E-state index in [2.05, 4.69) is 5.32 Å². The predicted molar refractivity (Wildman–Crippen MR) is 106 cm³/mol. The van der Waals surface area contributed by atoms with Crippen LogP contribution >= 0.6 is 0 Å². The summed E-state index contributed by atoms with van der Waals surface area (Å²) in [6, 6.07) is 13.0. The van der Waals surface area contributed by atoms with E-state index < -0.39 is 15.9 Å². The van der Waals surface area contributed by atoms with E-state index in [1.54, 1.807) is 43.5 Å². The van der Waals surface area contributed by atoms with Gasteiger partial charge in [0.1, 0.15) is 5.75 Å². The average molecular weight is 404 g/mol. The maximum Gasteiger partial charge on any atom is 0.255 e. The molecule has 0 bridgehead atoms. The molecular weight excluding hydrogens is 380 g/mol. The molecule has 2 aromatic carbocycles. The zero-order chi connectivity index (χ0) is 20.3. The third-order valence-corrected chi connectivity index (χ3v) is 6.28. The summed E-state index contributed by atoms with van der Waals surface area (Å²) in [4.78, 5) is 12.7. The highest BCUT2D eigenvalue weighted by atomic mass is 32.2. The highest BCUT2D eigenvalue weighted by molar-refractivity contribution is 7.89. The molecule has 1 fully saturated rings. The number of morpholine rings is 1. The third-order valence-electron chi connectivity index (χ3n) is 4.45. The number of carbonyl (C=O) groups excluding carboxylic acids is 1. The van der Waals surface area contributed by atoms with Crippen molar-refractivity contribution in [1.82, 2.24) is 4.31 Å². The van der Waals surface area contributed by atoms with Crippen LogP contribution in [-0.4, -0.2) is 51.0 Å². The summed E-state index contributed by atoms with van der Waals surface area (Å²) < 4.78 is 38.2. The first kappa shape index (κ1) is 20.3. The van der Waals surface area contributed by atoms with E-state index in [0.717, 1.165) is 0 Å². The van der Waals surface area contributed by atoms with E-state index in [4.69, 9.17) is 9.47 Å². The molecule has 1 amide bonds. The minimum absolute atomic E-state index is 0.0899. The van der Waals surface area contributed by atoms with Crippen LogP contribution in [0.3, 0.4) is 0 Å². The quantitative estimate of drug-likeness (QED) is 0.828. The number of nitrogens with zero attached hydrogens (tertiary/aromatic N) is 1. The summed E-state index contributed by atoms with van der Waals surface area (Å²) >= 11 is 0. The van der Waals surface area contributed by atoms with Crippen LogP contribution in [0.4, 0.5) is 5.69 Å². The lowest BCUT2D eigenvalue weighted by atomic mass is 10.2. The number of ether oxygens (including phenoxy) is 2. The Hall–Kier alpha value is -2.42. The molecule has 150 valence electrons. The molecule has 7 nitrogen and oxygen atoms in total. The van der Waals surface area contributed by atoms with Gasteiger partial charge in [-0.1, -0.05) is 12.1 Å². The van der Waals surface area contributed by atoms with E-state index in [1.807, 2.05) is 13.8 Å². The summed E-state index contributed by atoms with van der Waals surface area (Å²) in [7, 11) is -2.17. The number of amides is 1. The summed E-state index contributed by atoms with van der Waals surface area (Å²) in [5, 5.41) is 2.76. The molecule has 1 saturated heterocycles. The Kier molecular flexibility index (Phi) is 6.02. The Morgan fingerprint density at radius 2 is 1.79 bits per heavy atom. The lowest BCUT2D eigenvalue weighted by Crippen LogP contribution is -2.48. The number of benzene rings is 2. The monoisotopic (exact) mass is 404 g/mol. The molecule has 0 radical (unpaired) electrons. The van der Waals surface area contributed by atoms with Crippen molar-refractivity contribution in [2.45, 2.75) is 31.0 Å². The normalized spacial score (nSPS) is 20.5. The standard InChI is InChI=1S/C20H24N2O5S/c1-14-12-22(13-15(2)27-14)28(24,25)19-9-4-6-16(10-19)20(23)21-17-7-5-8-18(11-17)26-3/h4-11,14-15H,12-13H2,1-3H3,(H,21,23)/t14-,15-/m0/s1. The topological polar surface area (TPSA) is 84.9 Å². The zero-order valence-corrected chi connectivity index (χ0v) is 16.9. The maximum atomic E-state index is 13.0. The zero-order valence-electron chi connectivity index (χ0n) is 16.1. The fourth-order valence-corrected chi connectivity index (χ4v) is 4.81. The van der Waals surface area contributed by atoms with Gasteiger partial charge in [0.25, 0.3) is 5.91 Å². The first-order valence-corrected chi connectivity index (χ1v) is 10.4. The van der Waals surface area contributed by atoms with Crippen LogP contribution in [-0.2, 0) is 14.8 Å². The van der Waals surface area contributed by atoms with Crippen molar-refractivity contribution in [2.75, 3.05) is 25.5 Å².